The van der Waals surface area contributed by atoms with Crippen LogP contribution in [0.4, 0.5) is 9.52 Å². The maximum Gasteiger partial charge on any atom is 0.226 e. The van der Waals surface area contributed by atoms with Crippen LogP contribution >= 0.6 is 23.1 Å². The topological polar surface area (TPSA) is 63.8 Å². The van der Waals surface area contributed by atoms with Crippen molar-refractivity contribution in [2.24, 2.45) is 0 Å². The quantitative estimate of drug-likeness (QED) is 0.685. The van der Waals surface area contributed by atoms with Crippen LogP contribution in [0.1, 0.15) is 12.6 Å². The molecule has 0 bridgehead atoms. The van der Waals surface area contributed by atoms with Gasteiger partial charge in [0.05, 0.1) is 5.69 Å². The number of thioether (sulfide) groups is 1. The number of nitrogens with zero attached hydrogens (tertiary/aromatic N) is 3. The third kappa shape index (κ3) is 3.63. The molecule has 0 spiro atoms. The summed E-state index contributed by atoms with van der Waals surface area (Å²) in [7, 11) is 0. The van der Waals surface area contributed by atoms with E-state index >= 15 is 0 Å². The van der Waals surface area contributed by atoms with Gasteiger partial charge in [-0.05, 0) is 31.2 Å². The van der Waals surface area contributed by atoms with E-state index in [-0.39, 0.29) is 5.82 Å². The monoisotopic (exact) mass is 336 g/mol. The van der Waals surface area contributed by atoms with Gasteiger partial charge in [-0.3, -0.25) is 0 Å². The van der Waals surface area contributed by atoms with E-state index in [0.717, 1.165) is 27.3 Å². The molecular formula is C14H13FN4OS2. The molecule has 8 heteroatoms. The van der Waals surface area contributed by atoms with E-state index in [4.69, 9.17) is 4.42 Å². The number of anilines is 1. The van der Waals surface area contributed by atoms with Crippen molar-refractivity contribution < 1.29 is 8.81 Å². The molecular weight excluding hydrogens is 323 g/mol. The minimum absolute atomic E-state index is 0.279. The molecule has 22 heavy (non-hydrogen) atoms. The number of benzene rings is 1. The van der Waals surface area contributed by atoms with E-state index in [9.17, 15) is 4.39 Å². The molecule has 0 saturated carbocycles. The minimum atomic E-state index is -0.279. The van der Waals surface area contributed by atoms with Crippen LogP contribution in [0.5, 0.6) is 0 Å². The molecule has 0 aliphatic carbocycles. The van der Waals surface area contributed by atoms with Crippen LogP contribution < -0.4 is 5.32 Å². The van der Waals surface area contributed by atoms with Crippen molar-refractivity contribution in [1.29, 1.82) is 0 Å². The fourth-order valence-electron chi connectivity index (χ4n) is 1.72. The van der Waals surface area contributed by atoms with E-state index in [0.29, 0.717) is 11.6 Å². The van der Waals surface area contributed by atoms with Gasteiger partial charge in [0.15, 0.2) is 4.34 Å². The normalized spacial score (nSPS) is 10.8. The average molecular weight is 336 g/mol. The molecule has 1 aromatic carbocycles. The largest absolute Gasteiger partial charge is 0.444 e. The Morgan fingerprint density at radius 1 is 1.27 bits per heavy atom. The van der Waals surface area contributed by atoms with Crippen LogP contribution in [-0.4, -0.2) is 21.7 Å². The fraction of sp³-hybridized carbons (Fsp3) is 0.214. The summed E-state index contributed by atoms with van der Waals surface area (Å²) in [4.78, 5) is 4.40. The van der Waals surface area contributed by atoms with Gasteiger partial charge in [0, 0.05) is 17.9 Å². The molecule has 0 saturated heterocycles. The summed E-state index contributed by atoms with van der Waals surface area (Å²) in [5.41, 5.74) is 1.56. The van der Waals surface area contributed by atoms with Gasteiger partial charge in [0.1, 0.15) is 12.1 Å². The maximum atomic E-state index is 12.9. The van der Waals surface area contributed by atoms with E-state index < -0.39 is 0 Å². The average Bonchev–Trinajstić information content (AvgIpc) is 3.16. The maximum absolute atomic E-state index is 12.9. The summed E-state index contributed by atoms with van der Waals surface area (Å²) < 4.78 is 19.2. The molecule has 0 aliphatic heterocycles. The van der Waals surface area contributed by atoms with E-state index in [2.05, 4.69) is 20.5 Å². The van der Waals surface area contributed by atoms with Crippen molar-refractivity contribution in [3.63, 3.8) is 0 Å². The standard InChI is InChI=1S/C14H13FN4OS2/c1-2-16-13-18-19-14(22-13)21-8-11-7-20-12(17-11)9-3-5-10(15)6-4-9/h3-7H,2,8H2,1H3,(H,16,18). The molecule has 0 amide bonds. The Labute approximate surface area is 135 Å². The highest BCUT2D eigenvalue weighted by Crippen LogP contribution is 2.29. The molecule has 3 rings (SSSR count). The Morgan fingerprint density at radius 3 is 2.86 bits per heavy atom. The zero-order valence-electron chi connectivity index (χ0n) is 11.7. The van der Waals surface area contributed by atoms with Gasteiger partial charge in [0.25, 0.3) is 0 Å². The Morgan fingerprint density at radius 2 is 2.09 bits per heavy atom. The first-order valence-electron chi connectivity index (χ1n) is 6.65. The lowest BCUT2D eigenvalue weighted by Gasteiger charge is -1.94. The predicted molar refractivity (Wildman–Crippen MR) is 85.5 cm³/mol. The third-order valence-electron chi connectivity index (χ3n) is 2.72. The first-order valence-corrected chi connectivity index (χ1v) is 8.45. The lowest BCUT2D eigenvalue weighted by atomic mass is 10.2. The zero-order valence-corrected chi connectivity index (χ0v) is 13.4. The molecule has 1 N–H and O–H groups in total. The van der Waals surface area contributed by atoms with Crippen LogP contribution in [0, 0.1) is 5.82 Å². The number of rotatable bonds is 6. The van der Waals surface area contributed by atoms with Gasteiger partial charge < -0.3 is 9.73 Å². The number of hydrogen-bond acceptors (Lipinski definition) is 7. The van der Waals surface area contributed by atoms with Crippen LogP contribution in [-0.2, 0) is 5.75 Å². The van der Waals surface area contributed by atoms with Gasteiger partial charge in [0.2, 0.25) is 11.0 Å². The summed E-state index contributed by atoms with van der Waals surface area (Å²) in [5, 5.41) is 12.1. The molecule has 114 valence electrons. The third-order valence-corrected chi connectivity index (χ3v) is 4.77. The SMILES string of the molecule is CCNc1nnc(SCc2coc(-c3ccc(F)cc3)n2)s1. The predicted octanol–water partition coefficient (Wildman–Crippen LogP) is 4.06. The van der Waals surface area contributed by atoms with Gasteiger partial charge in [-0.1, -0.05) is 23.1 Å². The summed E-state index contributed by atoms with van der Waals surface area (Å²) in [6, 6.07) is 6.06. The number of hydrogen-bond donors (Lipinski definition) is 1. The van der Waals surface area contributed by atoms with Gasteiger partial charge in [-0.25, -0.2) is 9.37 Å². The molecule has 0 atom stereocenters. The molecule has 0 fully saturated rings. The van der Waals surface area contributed by atoms with E-state index in [1.165, 1.54) is 23.5 Å². The molecule has 0 aliphatic rings. The highest BCUT2D eigenvalue weighted by molar-refractivity contribution is 8.00. The lowest BCUT2D eigenvalue weighted by molar-refractivity contribution is 0.573. The fourth-order valence-corrected chi connectivity index (χ4v) is 3.42. The molecule has 2 heterocycles. The van der Waals surface area contributed by atoms with Gasteiger partial charge in [-0.15, -0.1) is 10.2 Å². The number of oxazole rings is 1. The zero-order chi connectivity index (χ0) is 15.4. The molecule has 5 nitrogen and oxygen atoms in total. The first-order chi connectivity index (χ1) is 10.7. The molecule has 0 radical (unpaired) electrons. The smallest absolute Gasteiger partial charge is 0.226 e. The van der Waals surface area contributed by atoms with Gasteiger partial charge >= 0.3 is 0 Å². The van der Waals surface area contributed by atoms with E-state index in [1.807, 2.05) is 6.92 Å². The Balaban J connectivity index is 1.62. The van der Waals surface area contributed by atoms with Crippen molar-refractivity contribution >= 4 is 28.2 Å². The Kier molecular flexibility index (Phi) is 4.69. The minimum Gasteiger partial charge on any atom is -0.444 e. The summed E-state index contributed by atoms with van der Waals surface area (Å²) >= 11 is 3.06. The second-order valence-electron chi connectivity index (χ2n) is 4.34. The van der Waals surface area contributed by atoms with Crippen LogP contribution in [0.25, 0.3) is 11.5 Å². The molecule has 3 aromatic rings. The first kappa shape index (κ1) is 15.0. The lowest BCUT2D eigenvalue weighted by Crippen LogP contribution is -1.94. The van der Waals surface area contributed by atoms with Gasteiger partial charge in [-0.2, -0.15) is 0 Å². The second-order valence-corrected chi connectivity index (χ2v) is 6.54. The molecule has 0 unspecified atom stereocenters. The number of halogens is 1. The summed E-state index contributed by atoms with van der Waals surface area (Å²) in [6.07, 6.45) is 1.61. The summed E-state index contributed by atoms with van der Waals surface area (Å²) in [5.74, 6) is 0.853. The van der Waals surface area contributed by atoms with Crippen LogP contribution in [0.2, 0.25) is 0 Å². The number of aromatic nitrogens is 3. The Bertz CT molecular complexity index is 741. The van der Waals surface area contributed by atoms with Crippen molar-refractivity contribution in [2.45, 2.75) is 17.0 Å². The van der Waals surface area contributed by atoms with Crippen molar-refractivity contribution in [3.05, 3.63) is 42.0 Å². The van der Waals surface area contributed by atoms with E-state index in [1.54, 1.807) is 30.2 Å². The second kappa shape index (κ2) is 6.89. The van der Waals surface area contributed by atoms with Crippen LogP contribution in [0.3, 0.4) is 0 Å². The highest BCUT2D eigenvalue weighted by Gasteiger charge is 2.09. The van der Waals surface area contributed by atoms with Crippen LogP contribution in [0.15, 0.2) is 39.3 Å². The number of nitrogens with one attached hydrogen (secondary N) is 1. The highest BCUT2D eigenvalue weighted by atomic mass is 32.2. The van der Waals surface area contributed by atoms with Crippen molar-refractivity contribution in [1.82, 2.24) is 15.2 Å². The molecule has 2 aromatic heterocycles. The van der Waals surface area contributed by atoms with Crippen molar-refractivity contribution in [2.75, 3.05) is 11.9 Å². The summed E-state index contributed by atoms with van der Waals surface area (Å²) in [6.45, 7) is 2.84. The Hall–Kier alpha value is -1.93. The van der Waals surface area contributed by atoms with Crippen molar-refractivity contribution in [3.8, 4) is 11.5 Å².